The Morgan fingerprint density at radius 1 is 1.19 bits per heavy atom. The molecule has 3 heterocycles. The fourth-order valence-corrected chi connectivity index (χ4v) is 4.17. The lowest BCUT2D eigenvalue weighted by Gasteiger charge is -2.10. The number of anilines is 1. The highest BCUT2D eigenvalue weighted by Crippen LogP contribution is 2.25. The van der Waals surface area contributed by atoms with Crippen molar-refractivity contribution >= 4 is 47.5 Å². The number of fused-ring (bicyclic) bond motifs is 1. The van der Waals surface area contributed by atoms with Gasteiger partial charge in [-0.2, -0.15) is 0 Å². The number of para-hydroxylation sites is 1. The summed E-state index contributed by atoms with van der Waals surface area (Å²) in [6, 6.07) is 7.54. The molecule has 0 aliphatic carbocycles. The molecule has 0 aliphatic rings. The normalized spacial score (nSPS) is 10.8. The number of hydrogen-bond acceptors (Lipinski definition) is 9. The third-order valence-electron chi connectivity index (χ3n) is 4.83. The van der Waals surface area contributed by atoms with Gasteiger partial charge in [0.1, 0.15) is 39.7 Å². The standard InChI is InChI=1S/C21H20N8OS2/c1-11-28-20(31)16(21(32)29-11)14-8-15(25-9-24-14)23-7-6-12-4-3-5-13-17(12)26-10-27-18(13)19(30)22-2/h3-5,8-10H,6-7H2,1-2H3,(H,22,30)(H,23,24,25)(H2,28,29,31,32). The number of thiol groups is 1. The fraction of sp³-hybridized carbons (Fsp3) is 0.190. The molecule has 4 aromatic rings. The van der Waals surface area contributed by atoms with Gasteiger partial charge in [-0.1, -0.05) is 30.4 Å². The van der Waals surface area contributed by atoms with Crippen molar-refractivity contribution in [2.24, 2.45) is 0 Å². The highest BCUT2D eigenvalue weighted by atomic mass is 32.1. The number of carbonyl (C=O) groups excluding carboxylic acids is 1. The summed E-state index contributed by atoms with van der Waals surface area (Å²) >= 11 is 9.87. The zero-order valence-corrected chi connectivity index (χ0v) is 19.1. The smallest absolute Gasteiger partial charge is 0.270 e. The van der Waals surface area contributed by atoms with Gasteiger partial charge >= 0.3 is 0 Å². The Bertz CT molecular complexity index is 1370. The van der Waals surface area contributed by atoms with Crippen LogP contribution in [-0.2, 0) is 6.42 Å². The van der Waals surface area contributed by atoms with Crippen LogP contribution in [0.3, 0.4) is 0 Å². The molecule has 1 amide bonds. The Morgan fingerprint density at radius 2 is 2.00 bits per heavy atom. The summed E-state index contributed by atoms with van der Waals surface area (Å²) in [6.45, 7) is 2.42. The molecule has 3 aromatic heterocycles. The van der Waals surface area contributed by atoms with E-state index < -0.39 is 0 Å². The van der Waals surface area contributed by atoms with Crippen LogP contribution in [0.15, 0.2) is 41.9 Å². The van der Waals surface area contributed by atoms with E-state index in [4.69, 9.17) is 12.2 Å². The lowest BCUT2D eigenvalue weighted by Crippen LogP contribution is -2.20. The monoisotopic (exact) mass is 464 g/mol. The fourth-order valence-electron chi connectivity index (χ4n) is 3.37. The Hall–Kier alpha value is -3.44. The highest BCUT2D eigenvalue weighted by molar-refractivity contribution is 7.80. The Kier molecular flexibility index (Phi) is 6.37. The number of H-pyrrole nitrogens is 1. The number of amides is 1. The molecule has 1 aromatic carbocycles. The summed E-state index contributed by atoms with van der Waals surface area (Å²) in [6.07, 6.45) is 3.56. The second-order valence-electron chi connectivity index (χ2n) is 6.93. The predicted molar refractivity (Wildman–Crippen MR) is 128 cm³/mol. The molecule has 0 aliphatic heterocycles. The zero-order chi connectivity index (χ0) is 22.7. The van der Waals surface area contributed by atoms with Crippen LogP contribution in [-0.4, -0.2) is 49.4 Å². The Morgan fingerprint density at radius 3 is 2.78 bits per heavy atom. The molecule has 0 radical (unpaired) electrons. The minimum absolute atomic E-state index is 0.242. The minimum Gasteiger partial charge on any atom is -0.370 e. The molecular weight excluding hydrogens is 444 g/mol. The SMILES string of the molecule is CNC(=O)c1ncnc2c(CCNc3cc(-c4c(S)nc(C)[nH]c4=S)ncn3)cccc12. The van der Waals surface area contributed by atoms with Crippen molar-refractivity contribution in [3.05, 3.63) is 58.6 Å². The summed E-state index contributed by atoms with van der Waals surface area (Å²) in [5.74, 6) is 1.10. The number of benzene rings is 1. The molecule has 0 saturated heterocycles. The number of aromatic nitrogens is 6. The van der Waals surface area contributed by atoms with E-state index in [2.05, 4.69) is 53.2 Å². The zero-order valence-electron chi connectivity index (χ0n) is 17.4. The first-order chi connectivity index (χ1) is 15.5. The van der Waals surface area contributed by atoms with Crippen molar-refractivity contribution < 1.29 is 4.79 Å². The lowest BCUT2D eigenvalue weighted by molar-refractivity contribution is 0.0960. The third kappa shape index (κ3) is 4.43. The first-order valence-corrected chi connectivity index (χ1v) is 10.6. The maximum atomic E-state index is 12.1. The van der Waals surface area contributed by atoms with Crippen molar-refractivity contribution in [1.29, 1.82) is 0 Å². The molecule has 9 nitrogen and oxygen atoms in total. The summed E-state index contributed by atoms with van der Waals surface area (Å²) in [4.78, 5) is 36.6. The topological polar surface area (TPSA) is 121 Å². The molecule has 3 N–H and O–H groups in total. The van der Waals surface area contributed by atoms with E-state index in [1.807, 2.05) is 31.2 Å². The van der Waals surface area contributed by atoms with Crippen LogP contribution in [0.5, 0.6) is 0 Å². The number of rotatable bonds is 6. The van der Waals surface area contributed by atoms with Gasteiger partial charge in [-0.25, -0.2) is 24.9 Å². The van der Waals surface area contributed by atoms with Crippen LogP contribution < -0.4 is 10.6 Å². The first-order valence-electron chi connectivity index (χ1n) is 9.78. The summed E-state index contributed by atoms with van der Waals surface area (Å²) in [5, 5.41) is 7.15. The molecule has 0 spiro atoms. The van der Waals surface area contributed by atoms with Crippen LogP contribution in [0.2, 0.25) is 0 Å². The van der Waals surface area contributed by atoms with E-state index in [1.165, 1.54) is 12.7 Å². The Labute approximate surface area is 194 Å². The number of nitrogens with zero attached hydrogens (tertiary/aromatic N) is 5. The van der Waals surface area contributed by atoms with Crippen molar-refractivity contribution in [2.45, 2.75) is 18.4 Å². The molecule has 0 bridgehead atoms. The van der Waals surface area contributed by atoms with Gasteiger partial charge in [-0.3, -0.25) is 4.79 Å². The predicted octanol–water partition coefficient (Wildman–Crippen LogP) is 3.15. The van der Waals surface area contributed by atoms with Crippen LogP contribution in [0.1, 0.15) is 21.9 Å². The molecule has 0 atom stereocenters. The van der Waals surface area contributed by atoms with E-state index in [-0.39, 0.29) is 5.91 Å². The van der Waals surface area contributed by atoms with E-state index in [9.17, 15) is 4.79 Å². The number of carbonyl (C=O) groups is 1. The van der Waals surface area contributed by atoms with Gasteiger partial charge in [0.2, 0.25) is 0 Å². The molecule has 0 fully saturated rings. The number of aryl methyl sites for hydroxylation is 1. The minimum atomic E-state index is -0.242. The maximum Gasteiger partial charge on any atom is 0.270 e. The maximum absolute atomic E-state index is 12.1. The van der Waals surface area contributed by atoms with Gasteiger partial charge in [0.15, 0.2) is 0 Å². The second-order valence-corrected chi connectivity index (χ2v) is 7.76. The van der Waals surface area contributed by atoms with Gasteiger partial charge in [0.05, 0.1) is 16.8 Å². The summed E-state index contributed by atoms with van der Waals surface area (Å²) in [7, 11) is 1.58. The molecule has 0 saturated carbocycles. The largest absolute Gasteiger partial charge is 0.370 e. The van der Waals surface area contributed by atoms with Crippen LogP contribution in [0.4, 0.5) is 5.82 Å². The second kappa shape index (κ2) is 9.37. The van der Waals surface area contributed by atoms with Gasteiger partial charge in [-0.15, -0.1) is 12.6 Å². The average molecular weight is 465 g/mol. The molecule has 32 heavy (non-hydrogen) atoms. The molecule has 0 unspecified atom stereocenters. The van der Waals surface area contributed by atoms with Crippen LogP contribution in [0, 0.1) is 11.6 Å². The van der Waals surface area contributed by atoms with Crippen molar-refractivity contribution in [3.63, 3.8) is 0 Å². The Balaban J connectivity index is 1.54. The third-order valence-corrected chi connectivity index (χ3v) is 5.46. The molecule has 4 rings (SSSR count). The van der Waals surface area contributed by atoms with E-state index in [1.54, 1.807) is 7.05 Å². The lowest BCUT2D eigenvalue weighted by atomic mass is 10.1. The van der Waals surface area contributed by atoms with Crippen LogP contribution in [0.25, 0.3) is 22.2 Å². The van der Waals surface area contributed by atoms with Gasteiger partial charge in [0, 0.05) is 25.0 Å². The van der Waals surface area contributed by atoms with E-state index in [0.717, 1.165) is 16.5 Å². The van der Waals surface area contributed by atoms with Gasteiger partial charge in [-0.05, 0) is 18.9 Å². The average Bonchev–Trinajstić information content (AvgIpc) is 2.78. The quantitative estimate of drug-likeness (QED) is 0.195. The number of hydrogen-bond donors (Lipinski definition) is 4. The first kappa shape index (κ1) is 21.8. The number of aromatic amines is 1. The van der Waals surface area contributed by atoms with E-state index in [0.29, 0.717) is 51.2 Å². The van der Waals surface area contributed by atoms with Gasteiger partial charge < -0.3 is 15.6 Å². The van der Waals surface area contributed by atoms with Crippen molar-refractivity contribution in [2.75, 3.05) is 18.9 Å². The van der Waals surface area contributed by atoms with E-state index >= 15 is 0 Å². The van der Waals surface area contributed by atoms with Crippen molar-refractivity contribution in [3.8, 4) is 11.3 Å². The molecule has 162 valence electrons. The van der Waals surface area contributed by atoms with Gasteiger partial charge in [0.25, 0.3) is 5.91 Å². The van der Waals surface area contributed by atoms with Crippen molar-refractivity contribution in [1.82, 2.24) is 35.2 Å². The molecule has 11 heteroatoms. The number of nitrogens with one attached hydrogen (secondary N) is 3. The summed E-state index contributed by atoms with van der Waals surface area (Å²) < 4.78 is 0.523. The van der Waals surface area contributed by atoms with Crippen LogP contribution >= 0.6 is 24.8 Å². The molecular formula is C21H20N8OS2. The summed E-state index contributed by atoms with van der Waals surface area (Å²) in [5.41, 5.74) is 3.41. The highest BCUT2D eigenvalue weighted by Gasteiger charge is 2.13.